The summed E-state index contributed by atoms with van der Waals surface area (Å²) < 4.78 is 0. The molecule has 0 aliphatic heterocycles. The molecule has 0 saturated carbocycles. The monoisotopic (exact) mass is 324 g/mol. The summed E-state index contributed by atoms with van der Waals surface area (Å²) >= 11 is 0. The van der Waals surface area contributed by atoms with E-state index in [-0.39, 0.29) is 10.8 Å². The highest BCUT2D eigenvalue weighted by Gasteiger charge is 2.23. The molecule has 0 saturated heterocycles. The first-order valence-electron chi connectivity index (χ1n) is 8.54. The van der Waals surface area contributed by atoms with Gasteiger partial charge in [0.15, 0.2) is 0 Å². The quantitative estimate of drug-likeness (QED) is 0.795. The lowest BCUT2D eigenvalue weighted by atomic mass is 9.81. The van der Waals surface area contributed by atoms with E-state index in [4.69, 9.17) is 5.73 Å². The van der Waals surface area contributed by atoms with Gasteiger partial charge < -0.3 is 10.8 Å². The van der Waals surface area contributed by atoms with Crippen LogP contribution in [0.2, 0.25) is 0 Å². The molecule has 0 aliphatic rings. The van der Waals surface area contributed by atoms with E-state index in [1.165, 1.54) is 0 Å². The maximum Gasteiger partial charge on any atom is 0.127 e. The van der Waals surface area contributed by atoms with Crippen LogP contribution in [-0.4, -0.2) is 5.11 Å². The van der Waals surface area contributed by atoms with Crippen molar-refractivity contribution in [3.63, 3.8) is 0 Å². The van der Waals surface area contributed by atoms with E-state index in [1.54, 1.807) is 0 Å². The predicted octanol–water partition coefficient (Wildman–Crippen LogP) is 5.22. The lowest BCUT2D eigenvalue weighted by molar-refractivity contribution is 0.448. The Labute approximate surface area is 146 Å². The number of rotatable bonds is 2. The molecule has 1 radical (unpaired) electrons. The summed E-state index contributed by atoms with van der Waals surface area (Å²) in [6.45, 7) is 15.4. The third-order valence-corrected chi connectivity index (χ3v) is 4.32. The largest absolute Gasteiger partial charge is 0.507 e. The molecule has 2 rings (SSSR count). The van der Waals surface area contributed by atoms with Crippen LogP contribution in [0.3, 0.4) is 0 Å². The summed E-state index contributed by atoms with van der Waals surface area (Å²) in [5.41, 5.74) is 11.8. The molecule has 24 heavy (non-hydrogen) atoms. The van der Waals surface area contributed by atoms with E-state index >= 15 is 0 Å². The Morgan fingerprint density at radius 2 is 1.58 bits per heavy atom. The molecule has 0 amide bonds. The maximum absolute atomic E-state index is 10.9. The standard InChI is InChI=1S/C22H30NO/c1-14-8-18(20(24)19(9-14)22(5,6)7)16-10-15(13-23)11-17(12-16)21(2,3)4/h8-11,24H,13,23H2,1-7H3. The Morgan fingerprint density at radius 3 is 2.08 bits per heavy atom. The molecule has 3 N–H and O–H groups in total. The van der Waals surface area contributed by atoms with Gasteiger partial charge in [0.05, 0.1) is 0 Å². The number of aryl methyl sites for hydroxylation is 1. The Kier molecular flexibility index (Phi) is 4.83. The zero-order valence-electron chi connectivity index (χ0n) is 16.0. The Hall–Kier alpha value is -1.80. The van der Waals surface area contributed by atoms with Gasteiger partial charge in [-0.3, -0.25) is 0 Å². The molecule has 0 atom stereocenters. The minimum atomic E-state index is -0.122. The fourth-order valence-electron chi connectivity index (χ4n) is 2.85. The predicted molar refractivity (Wildman–Crippen MR) is 102 cm³/mol. The summed E-state index contributed by atoms with van der Waals surface area (Å²) in [6.07, 6.45) is 0. The molecule has 0 aromatic heterocycles. The lowest BCUT2D eigenvalue weighted by Crippen LogP contribution is -2.14. The number of hydrogen-bond donors (Lipinski definition) is 2. The second kappa shape index (κ2) is 6.25. The molecule has 0 fully saturated rings. The summed E-state index contributed by atoms with van der Waals surface area (Å²) in [6, 6.07) is 11.8. The van der Waals surface area contributed by atoms with Crippen molar-refractivity contribution in [1.82, 2.24) is 0 Å². The van der Waals surface area contributed by atoms with Crippen LogP contribution in [0.4, 0.5) is 0 Å². The second-order valence-corrected chi connectivity index (χ2v) is 8.73. The summed E-state index contributed by atoms with van der Waals surface area (Å²) in [4.78, 5) is 0. The smallest absolute Gasteiger partial charge is 0.127 e. The molecular weight excluding hydrogens is 294 g/mol. The molecule has 2 heteroatoms. The van der Waals surface area contributed by atoms with E-state index in [0.717, 1.165) is 33.4 Å². The van der Waals surface area contributed by atoms with Crippen molar-refractivity contribution in [3.05, 3.63) is 52.6 Å². The van der Waals surface area contributed by atoms with Gasteiger partial charge in [-0.25, -0.2) is 0 Å². The van der Waals surface area contributed by atoms with Crippen molar-refractivity contribution >= 4 is 0 Å². The van der Waals surface area contributed by atoms with Crippen molar-refractivity contribution in [2.24, 2.45) is 5.73 Å². The molecule has 0 heterocycles. The first kappa shape index (κ1) is 18.5. The van der Waals surface area contributed by atoms with Crippen LogP contribution in [0.25, 0.3) is 11.1 Å². The zero-order chi connectivity index (χ0) is 18.3. The third kappa shape index (κ3) is 3.81. The van der Waals surface area contributed by atoms with Gasteiger partial charge >= 0.3 is 0 Å². The van der Waals surface area contributed by atoms with Crippen molar-refractivity contribution in [2.45, 2.75) is 65.8 Å². The Balaban J connectivity index is 2.75. The van der Waals surface area contributed by atoms with Crippen molar-refractivity contribution in [2.75, 3.05) is 0 Å². The van der Waals surface area contributed by atoms with Crippen LogP contribution < -0.4 is 5.73 Å². The fraction of sp³-hybridized carbons (Fsp3) is 0.455. The molecule has 0 aliphatic carbocycles. The third-order valence-electron chi connectivity index (χ3n) is 4.32. The molecule has 2 nitrogen and oxygen atoms in total. The minimum Gasteiger partial charge on any atom is -0.507 e. The van der Waals surface area contributed by atoms with Gasteiger partial charge in [0.25, 0.3) is 0 Å². The van der Waals surface area contributed by atoms with Crippen LogP contribution in [-0.2, 0) is 17.4 Å². The molecule has 0 bridgehead atoms. The maximum atomic E-state index is 10.9. The lowest BCUT2D eigenvalue weighted by Gasteiger charge is -2.24. The molecule has 2 aromatic rings. The highest BCUT2D eigenvalue weighted by molar-refractivity contribution is 5.74. The first-order valence-corrected chi connectivity index (χ1v) is 8.54. The molecular formula is C22H30NO. The number of aromatic hydroxyl groups is 1. The molecule has 0 spiro atoms. The van der Waals surface area contributed by atoms with Gasteiger partial charge in [-0.15, -0.1) is 0 Å². The van der Waals surface area contributed by atoms with Gasteiger partial charge in [-0.1, -0.05) is 53.7 Å². The van der Waals surface area contributed by atoms with Gasteiger partial charge in [-0.2, -0.15) is 0 Å². The van der Waals surface area contributed by atoms with Crippen molar-refractivity contribution in [1.29, 1.82) is 0 Å². The highest BCUT2D eigenvalue weighted by atomic mass is 16.3. The first-order chi connectivity index (χ1) is 10.9. The average Bonchev–Trinajstić information content (AvgIpc) is 2.46. The van der Waals surface area contributed by atoms with Crippen molar-refractivity contribution in [3.8, 4) is 16.9 Å². The molecule has 0 unspecified atom stereocenters. The minimum absolute atomic E-state index is 0.0216. The van der Waals surface area contributed by atoms with Crippen LogP contribution in [0, 0.1) is 13.0 Å². The number of phenols is 1. The van der Waals surface area contributed by atoms with Crippen LogP contribution in [0.1, 0.15) is 63.8 Å². The van der Waals surface area contributed by atoms with Gasteiger partial charge in [0.1, 0.15) is 5.75 Å². The number of phenolic OH excluding ortho intramolecular Hbond substituents is 1. The van der Waals surface area contributed by atoms with Gasteiger partial charge in [-0.05, 0) is 58.2 Å². The zero-order valence-corrected chi connectivity index (χ0v) is 16.0. The van der Waals surface area contributed by atoms with E-state index in [9.17, 15) is 5.11 Å². The summed E-state index contributed by atoms with van der Waals surface area (Å²) in [7, 11) is 0. The van der Waals surface area contributed by atoms with Crippen LogP contribution in [0.5, 0.6) is 5.75 Å². The summed E-state index contributed by atoms with van der Waals surface area (Å²) in [5.74, 6) is 0.346. The Bertz CT molecular complexity index is 746. The topological polar surface area (TPSA) is 46.2 Å². The molecule has 129 valence electrons. The second-order valence-electron chi connectivity index (χ2n) is 8.73. The van der Waals surface area contributed by atoms with Crippen LogP contribution in [0.15, 0.2) is 24.3 Å². The van der Waals surface area contributed by atoms with E-state index in [2.05, 4.69) is 66.7 Å². The van der Waals surface area contributed by atoms with Crippen LogP contribution >= 0.6 is 0 Å². The normalized spacial score (nSPS) is 12.5. The SMILES string of the molecule is Cc1cc(-c2[c]c(C(C)(C)C)cc(CN)c2)c(O)c(C(C)(C)C)c1. The highest BCUT2D eigenvalue weighted by Crippen LogP contribution is 2.40. The van der Waals surface area contributed by atoms with E-state index < -0.39 is 0 Å². The van der Waals surface area contributed by atoms with Gasteiger partial charge in [0.2, 0.25) is 0 Å². The van der Waals surface area contributed by atoms with Crippen molar-refractivity contribution < 1.29 is 5.11 Å². The summed E-state index contributed by atoms with van der Waals surface area (Å²) in [5, 5.41) is 10.9. The molecule has 2 aromatic carbocycles. The number of nitrogens with two attached hydrogens (primary N) is 1. The van der Waals surface area contributed by atoms with E-state index in [0.29, 0.717) is 12.3 Å². The van der Waals surface area contributed by atoms with Gasteiger partial charge in [0, 0.05) is 17.7 Å². The van der Waals surface area contributed by atoms with E-state index in [1.807, 2.05) is 12.1 Å². The number of benzene rings is 2. The number of hydrogen-bond acceptors (Lipinski definition) is 2. The fourth-order valence-corrected chi connectivity index (χ4v) is 2.85. The average molecular weight is 324 g/mol. The Morgan fingerprint density at radius 1 is 0.958 bits per heavy atom.